The van der Waals surface area contributed by atoms with Gasteiger partial charge >= 0.3 is 5.97 Å². The lowest BCUT2D eigenvalue weighted by molar-refractivity contribution is -0.137. The van der Waals surface area contributed by atoms with Crippen LogP contribution in [-0.2, 0) is 9.59 Å². The van der Waals surface area contributed by atoms with Crippen molar-refractivity contribution < 1.29 is 19.4 Å². The van der Waals surface area contributed by atoms with Gasteiger partial charge in [0.05, 0.1) is 22.9 Å². The van der Waals surface area contributed by atoms with Crippen LogP contribution in [0.1, 0.15) is 37.2 Å². The SMILES string of the molecule is O=C(O)CCCCCOc1ccc(N=CC2C(=O)Nc3ncnc(N4CCNCC4)c32)cc1Cl. The fraction of sp³-hybridized carbons (Fsp3) is 0.435. The number of carboxylic acids is 1. The van der Waals surface area contributed by atoms with Gasteiger partial charge in [0.1, 0.15) is 29.6 Å². The van der Waals surface area contributed by atoms with Crippen LogP contribution in [0.15, 0.2) is 29.5 Å². The van der Waals surface area contributed by atoms with Crippen molar-refractivity contribution in [2.45, 2.75) is 31.6 Å². The second-order valence-corrected chi connectivity index (χ2v) is 8.52. The van der Waals surface area contributed by atoms with Gasteiger partial charge in [0, 0.05) is 38.8 Å². The topological polar surface area (TPSA) is 129 Å². The summed E-state index contributed by atoms with van der Waals surface area (Å²) in [4.78, 5) is 38.6. The number of ether oxygens (including phenoxy) is 1. The molecular formula is C23H27ClN6O4. The van der Waals surface area contributed by atoms with E-state index in [2.05, 4.69) is 30.5 Å². The summed E-state index contributed by atoms with van der Waals surface area (Å²) < 4.78 is 5.70. The number of nitrogens with one attached hydrogen (secondary N) is 2. The zero-order valence-electron chi connectivity index (χ0n) is 18.7. The molecule has 3 N–H and O–H groups in total. The summed E-state index contributed by atoms with van der Waals surface area (Å²) in [5.74, 6) is 0.246. The number of carbonyl (C=O) groups excluding carboxylic acids is 1. The van der Waals surface area contributed by atoms with Gasteiger partial charge in [-0.05, 0) is 37.5 Å². The summed E-state index contributed by atoms with van der Waals surface area (Å²) in [5, 5.41) is 15.2. The minimum Gasteiger partial charge on any atom is -0.492 e. The van der Waals surface area contributed by atoms with Gasteiger partial charge in [0.15, 0.2) is 0 Å². The molecule has 3 heterocycles. The van der Waals surface area contributed by atoms with Gasteiger partial charge in [-0.15, -0.1) is 0 Å². The number of carbonyl (C=O) groups is 2. The predicted octanol–water partition coefficient (Wildman–Crippen LogP) is 3.00. The van der Waals surface area contributed by atoms with Crippen molar-refractivity contribution in [3.05, 3.63) is 35.1 Å². The Kier molecular flexibility index (Phi) is 7.91. The van der Waals surface area contributed by atoms with Crippen LogP contribution in [0.5, 0.6) is 5.75 Å². The van der Waals surface area contributed by atoms with E-state index in [1.807, 2.05) is 0 Å². The van der Waals surface area contributed by atoms with E-state index in [0.29, 0.717) is 35.3 Å². The Hall–Kier alpha value is -3.24. The Morgan fingerprint density at radius 1 is 1.26 bits per heavy atom. The summed E-state index contributed by atoms with van der Waals surface area (Å²) >= 11 is 6.35. The first-order chi connectivity index (χ1) is 16.5. The molecule has 0 saturated carbocycles. The number of nitrogens with zero attached hydrogens (tertiary/aromatic N) is 4. The predicted molar refractivity (Wildman–Crippen MR) is 130 cm³/mol. The first kappa shape index (κ1) is 23.9. The summed E-state index contributed by atoms with van der Waals surface area (Å²) in [6.07, 6.45) is 5.39. The number of anilines is 2. The smallest absolute Gasteiger partial charge is 0.303 e. The number of unbranched alkanes of at least 4 members (excludes halogenated alkanes) is 2. The summed E-state index contributed by atoms with van der Waals surface area (Å²) in [5.41, 5.74) is 1.34. The zero-order valence-corrected chi connectivity index (χ0v) is 19.4. The second-order valence-electron chi connectivity index (χ2n) is 8.11. The van der Waals surface area contributed by atoms with Crippen molar-refractivity contribution in [2.24, 2.45) is 4.99 Å². The fourth-order valence-electron chi connectivity index (χ4n) is 3.95. The number of aliphatic carboxylic acids is 1. The standard InChI is InChI=1S/C23H27ClN6O4/c24-17-12-15(5-6-18(17)34-11-3-1-2-4-19(31)32)26-13-16-20-21(29-23(16)33)27-14-28-22(20)30-9-7-25-8-10-30/h5-6,12-14,16,25H,1-4,7-11H2,(H,31,32)(H,27,28,29,33). The first-order valence-corrected chi connectivity index (χ1v) is 11.7. The molecule has 1 fully saturated rings. The molecule has 1 amide bonds. The number of carboxylic acid groups (broad SMARTS) is 1. The van der Waals surface area contributed by atoms with Gasteiger partial charge in [-0.25, -0.2) is 9.97 Å². The van der Waals surface area contributed by atoms with Gasteiger partial charge in [0.25, 0.3) is 0 Å². The maximum atomic E-state index is 12.7. The highest BCUT2D eigenvalue weighted by molar-refractivity contribution is 6.32. The lowest BCUT2D eigenvalue weighted by Gasteiger charge is -2.29. The van der Waals surface area contributed by atoms with Gasteiger partial charge in [-0.1, -0.05) is 11.6 Å². The van der Waals surface area contributed by atoms with Crippen molar-refractivity contribution in [1.29, 1.82) is 0 Å². The molecule has 1 aromatic heterocycles. The second kappa shape index (κ2) is 11.3. The molecule has 0 bridgehead atoms. The Morgan fingerprint density at radius 3 is 2.85 bits per heavy atom. The van der Waals surface area contributed by atoms with Crippen LogP contribution in [0, 0.1) is 0 Å². The molecule has 2 aliphatic heterocycles. The third kappa shape index (κ3) is 5.81. The van der Waals surface area contributed by atoms with Crippen molar-refractivity contribution in [3.63, 3.8) is 0 Å². The van der Waals surface area contributed by atoms with Crippen molar-refractivity contribution in [2.75, 3.05) is 43.0 Å². The quantitative estimate of drug-likeness (QED) is 0.345. The van der Waals surface area contributed by atoms with Crippen molar-refractivity contribution in [3.8, 4) is 5.75 Å². The Labute approximate surface area is 202 Å². The van der Waals surface area contributed by atoms with E-state index in [1.54, 1.807) is 24.4 Å². The third-order valence-corrected chi connectivity index (χ3v) is 5.99. The van der Waals surface area contributed by atoms with Crippen LogP contribution in [-0.4, -0.2) is 66.0 Å². The molecule has 1 unspecified atom stereocenters. The Bertz CT molecular complexity index is 1070. The Balaban J connectivity index is 1.41. The van der Waals surface area contributed by atoms with Crippen molar-refractivity contribution in [1.82, 2.24) is 15.3 Å². The molecular weight excluding hydrogens is 460 g/mol. The molecule has 2 aromatic rings. The number of hydrogen-bond donors (Lipinski definition) is 3. The number of halogens is 1. The van der Waals surface area contributed by atoms with E-state index < -0.39 is 11.9 Å². The molecule has 10 nitrogen and oxygen atoms in total. The molecule has 0 radical (unpaired) electrons. The number of fused-ring (bicyclic) bond motifs is 1. The largest absolute Gasteiger partial charge is 0.492 e. The molecule has 34 heavy (non-hydrogen) atoms. The van der Waals surface area contributed by atoms with Crippen LogP contribution in [0.25, 0.3) is 0 Å². The summed E-state index contributed by atoms with van der Waals surface area (Å²) in [6.45, 7) is 3.77. The maximum Gasteiger partial charge on any atom is 0.303 e. The van der Waals surface area contributed by atoms with Crippen LogP contribution in [0.2, 0.25) is 5.02 Å². The molecule has 2 aliphatic rings. The van der Waals surface area contributed by atoms with Crippen molar-refractivity contribution >= 4 is 47.0 Å². The van der Waals surface area contributed by atoms with Gasteiger partial charge in [0.2, 0.25) is 5.91 Å². The molecule has 180 valence electrons. The van der Waals surface area contributed by atoms with E-state index in [0.717, 1.165) is 50.4 Å². The molecule has 1 saturated heterocycles. The minimum atomic E-state index is -0.786. The maximum absolute atomic E-state index is 12.7. The van der Waals surface area contributed by atoms with E-state index in [9.17, 15) is 9.59 Å². The van der Waals surface area contributed by atoms with Crippen LogP contribution in [0.3, 0.4) is 0 Å². The van der Waals surface area contributed by atoms with Crippen LogP contribution >= 0.6 is 11.6 Å². The number of aromatic nitrogens is 2. The van der Waals surface area contributed by atoms with E-state index in [1.165, 1.54) is 6.33 Å². The number of aliphatic imine (C=N–C) groups is 1. The van der Waals surface area contributed by atoms with E-state index in [4.69, 9.17) is 21.4 Å². The molecule has 0 spiro atoms. The van der Waals surface area contributed by atoms with Crippen LogP contribution < -0.4 is 20.3 Å². The van der Waals surface area contributed by atoms with Crippen LogP contribution in [0.4, 0.5) is 17.3 Å². The molecule has 0 aliphatic carbocycles. The third-order valence-electron chi connectivity index (χ3n) is 5.70. The number of amides is 1. The number of benzene rings is 1. The first-order valence-electron chi connectivity index (χ1n) is 11.3. The van der Waals surface area contributed by atoms with Gasteiger partial charge in [-0.2, -0.15) is 0 Å². The average molecular weight is 487 g/mol. The lowest BCUT2D eigenvalue weighted by Crippen LogP contribution is -2.44. The highest BCUT2D eigenvalue weighted by atomic mass is 35.5. The lowest BCUT2D eigenvalue weighted by atomic mass is 10.0. The summed E-state index contributed by atoms with van der Waals surface area (Å²) in [6, 6.07) is 5.20. The minimum absolute atomic E-state index is 0.166. The van der Waals surface area contributed by atoms with Gasteiger partial charge in [-0.3, -0.25) is 14.6 Å². The molecule has 4 rings (SSSR count). The number of rotatable bonds is 10. The molecule has 1 aromatic carbocycles. The zero-order chi connectivity index (χ0) is 23.9. The normalized spacial score (nSPS) is 17.6. The van der Waals surface area contributed by atoms with E-state index in [-0.39, 0.29) is 12.3 Å². The van der Waals surface area contributed by atoms with Gasteiger partial charge < -0.3 is 25.4 Å². The number of piperazine rings is 1. The summed E-state index contributed by atoms with van der Waals surface area (Å²) in [7, 11) is 0. The van der Waals surface area contributed by atoms with E-state index >= 15 is 0 Å². The highest BCUT2D eigenvalue weighted by Gasteiger charge is 2.35. The Morgan fingerprint density at radius 2 is 2.09 bits per heavy atom. The molecule has 1 atom stereocenters. The highest BCUT2D eigenvalue weighted by Crippen LogP contribution is 2.37. The fourth-order valence-corrected chi connectivity index (χ4v) is 4.18. The number of hydrogen-bond acceptors (Lipinski definition) is 8. The molecule has 11 heteroatoms. The monoisotopic (exact) mass is 486 g/mol. The average Bonchev–Trinajstić information content (AvgIpc) is 3.16.